The molecule has 1 amide bonds. The predicted octanol–water partition coefficient (Wildman–Crippen LogP) is 5.72. The lowest BCUT2D eigenvalue weighted by Gasteiger charge is -2.46. The average Bonchev–Trinajstić information content (AvgIpc) is 3.88. The Hall–Kier alpha value is -5.06. The quantitative estimate of drug-likeness (QED) is 0.167. The molecule has 3 unspecified atom stereocenters. The van der Waals surface area contributed by atoms with Gasteiger partial charge in [-0.05, 0) is 97.7 Å². The van der Waals surface area contributed by atoms with Crippen LogP contribution in [-0.4, -0.2) is 99.4 Å². The second-order valence-corrected chi connectivity index (χ2v) is 16.5. The van der Waals surface area contributed by atoms with Crippen LogP contribution in [0.1, 0.15) is 72.8 Å². The topological polar surface area (TPSA) is 179 Å². The number of carbonyl (C=O) groups is 2. The molecule has 10 atom stereocenters. The summed E-state index contributed by atoms with van der Waals surface area (Å²) in [6.07, 6.45) is 4.07. The van der Waals surface area contributed by atoms with Crippen LogP contribution in [0.15, 0.2) is 54.6 Å². The summed E-state index contributed by atoms with van der Waals surface area (Å²) in [5.41, 5.74) is 4.74. The maximum Gasteiger partial charge on any atom is 0.412 e. The fraction of sp³-hybridized carbons (Fsp3) is 0.522. The van der Waals surface area contributed by atoms with Crippen LogP contribution < -0.4 is 29.0 Å². The fourth-order valence-corrected chi connectivity index (χ4v) is 9.68. The van der Waals surface area contributed by atoms with Crippen LogP contribution in [0.2, 0.25) is 0 Å². The summed E-state index contributed by atoms with van der Waals surface area (Å²) in [6, 6.07) is 13.0. The van der Waals surface area contributed by atoms with Crippen LogP contribution in [-0.2, 0) is 47.9 Å². The molecule has 3 aromatic carbocycles. The molecule has 326 valence electrons. The highest BCUT2D eigenvalue weighted by atomic mass is 16.7. The van der Waals surface area contributed by atoms with Crippen molar-refractivity contribution in [1.29, 1.82) is 0 Å². The van der Waals surface area contributed by atoms with Crippen LogP contribution >= 0.6 is 0 Å². The monoisotopic (exact) mass is 843 g/mol. The van der Waals surface area contributed by atoms with Gasteiger partial charge >= 0.3 is 12.1 Å². The number of esters is 1. The van der Waals surface area contributed by atoms with Gasteiger partial charge in [0.25, 0.3) is 0 Å². The molecule has 2 aliphatic carbocycles. The number of hydrogen-bond acceptors (Lipinski definition) is 14. The van der Waals surface area contributed by atoms with Crippen molar-refractivity contribution in [2.75, 3.05) is 39.5 Å². The number of benzene rings is 3. The van der Waals surface area contributed by atoms with Crippen molar-refractivity contribution >= 4 is 17.7 Å². The smallest absolute Gasteiger partial charge is 0.412 e. The Bertz CT molecular complexity index is 2100. The van der Waals surface area contributed by atoms with Gasteiger partial charge < -0.3 is 57.6 Å². The van der Waals surface area contributed by atoms with Crippen LogP contribution in [0.25, 0.3) is 0 Å². The molecule has 6 aliphatic rings. The predicted molar refractivity (Wildman–Crippen MR) is 217 cm³/mol. The molecule has 0 saturated carbocycles. The number of fused-ring (bicyclic) bond motifs is 4. The minimum Gasteiger partial charge on any atom is -0.493 e. The summed E-state index contributed by atoms with van der Waals surface area (Å²) >= 11 is 0. The molecule has 3 saturated heterocycles. The van der Waals surface area contributed by atoms with Crippen molar-refractivity contribution < 1.29 is 67.2 Å². The van der Waals surface area contributed by atoms with E-state index in [1.54, 1.807) is 33.3 Å². The SMILES string of the molecule is COc1cc([C@@H]2c3cc4c(c(C[C@@H]5O[C@@H]6COC(C)O[C@H]6[C@H](O)[C@H]5O)c3C[C@H]3COC(=O)C32)OCO4)cc(OC)c1OCc1ccc(NC(=O)OC2/C=C/CCCCC2)cc1. The number of nitrogens with one attached hydrogen (secondary N) is 1. The van der Waals surface area contributed by atoms with Crippen molar-refractivity contribution in [3.05, 3.63) is 82.4 Å². The standard InChI is InChI=1S/C46H53NO14/c1-24-54-22-37-44(59-24)41(49)40(48)33(61-37)19-32-30-15-27-21-56-45(50)39(27)38(31(30)18-36-42(32)58-23-57-36)26-16-34(52-2)43(35(17-26)53-3)55-20-25-11-13-28(14-12-25)47-46(51)60-29-9-7-5-4-6-8-10-29/h7,9,11-14,16-18,24,27,29,33,37-41,44,48-49H,4-6,8,10,15,19-23H2,1-3H3,(H,47,51)/b9-7+/t24?,27-,29?,33-,37+,38+,39?,40-,41+,44+/m0/s1. The van der Waals surface area contributed by atoms with Crippen molar-refractivity contribution in [2.24, 2.45) is 11.8 Å². The molecule has 0 spiro atoms. The van der Waals surface area contributed by atoms with Crippen LogP contribution in [0.4, 0.5) is 10.5 Å². The molecule has 0 aromatic heterocycles. The number of ether oxygens (including phenoxy) is 10. The minimum absolute atomic E-state index is 0.00343. The third kappa shape index (κ3) is 8.33. The Morgan fingerprint density at radius 1 is 0.934 bits per heavy atom. The average molecular weight is 844 g/mol. The normalized spacial score (nSPS) is 30.7. The van der Waals surface area contributed by atoms with Crippen molar-refractivity contribution in [3.63, 3.8) is 0 Å². The largest absolute Gasteiger partial charge is 0.493 e. The third-order valence-corrected chi connectivity index (χ3v) is 12.7. The second kappa shape index (κ2) is 17.7. The Balaban J connectivity index is 0.972. The molecule has 3 aromatic rings. The van der Waals surface area contributed by atoms with Gasteiger partial charge in [0.1, 0.15) is 37.1 Å². The zero-order chi connectivity index (χ0) is 42.2. The summed E-state index contributed by atoms with van der Waals surface area (Å²) in [4.78, 5) is 26.2. The van der Waals surface area contributed by atoms with Gasteiger partial charge in [-0.25, -0.2) is 4.79 Å². The first kappa shape index (κ1) is 41.3. The molecular weight excluding hydrogens is 790 g/mol. The molecule has 0 radical (unpaired) electrons. The lowest BCUT2D eigenvalue weighted by molar-refractivity contribution is -0.320. The third-order valence-electron chi connectivity index (χ3n) is 12.7. The number of methoxy groups -OCH3 is 2. The van der Waals surface area contributed by atoms with Crippen molar-refractivity contribution in [2.45, 2.75) is 107 Å². The molecule has 0 bridgehead atoms. The highest BCUT2D eigenvalue weighted by molar-refractivity contribution is 5.84. The Labute approximate surface area is 354 Å². The minimum atomic E-state index is -1.25. The highest BCUT2D eigenvalue weighted by Gasteiger charge is 2.51. The van der Waals surface area contributed by atoms with E-state index in [1.165, 1.54) is 0 Å². The Morgan fingerprint density at radius 2 is 1.74 bits per heavy atom. The van der Waals surface area contributed by atoms with Gasteiger partial charge in [0, 0.05) is 29.5 Å². The number of allylic oxidation sites excluding steroid dienone is 1. The maximum atomic E-state index is 13.6. The van der Waals surface area contributed by atoms with E-state index >= 15 is 0 Å². The zero-order valence-corrected chi connectivity index (χ0v) is 34.5. The van der Waals surface area contributed by atoms with Crippen LogP contribution in [0.3, 0.4) is 0 Å². The van der Waals surface area contributed by atoms with E-state index in [2.05, 4.69) is 11.4 Å². The van der Waals surface area contributed by atoms with E-state index in [9.17, 15) is 19.8 Å². The Kier molecular flexibility index (Phi) is 12.0. The number of aliphatic hydroxyl groups is 2. The van der Waals surface area contributed by atoms with Crippen LogP contribution in [0, 0.1) is 11.8 Å². The number of cyclic esters (lactones) is 1. The molecule has 3 fully saturated rings. The number of carbonyl (C=O) groups excluding carboxylic acids is 2. The molecule has 15 nitrogen and oxygen atoms in total. The fourth-order valence-electron chi connectivity index (χ4n) is 9.68. The first-order chi connectivity index (χ1) is 29.7. The molecule has 61 heavy (non-hydrogen) atoms. The number of hydrogen-bond donors (Lipinski definition) is 3. The molecule has 3 N–H and O–H groups in total. The molecule has 9 rings (SSSR count). The van der Waals surface area contributed by atoms with E-state index in [1.807, 2.05) is 36.4 Å². The van der Waals surface area contributed by atoms with E-state index < -0.39 is 54.7 Å². The van der Waals surface area contributed by atoms with E-state index in [0.717, 1.165) is 59.9 Å². The number of anilines is 1. The number of amides is 1. The second-order valence-electron chi connectivity index (χ2n) is 16.5. The molecule has 15 heteroatoms. The number of aliphatic hydroxyl groups excluding tert-OH is 2. The lowest BCUT2D eigenvalue weighted by Crippen LogP contribution is -2.62. The van der Waals surface area contributed by atoms with Gasteiger partial charge in [-0.1, -0.05) is 24.6 Å². The van der Waals surface area contributed by atoms with Gasteiger partial charge in [0.15, 0.2) is 29.3 Å². The van der Waals surface area contributed by atoms with E-state index in [0.29, 0.717) is 40.9 Å². The highest BCUT2D eigenvalue weighted by Crippen LogP contribution is 2.54. The van der Waals surface area contributed by atoms with E-state index in [-0.39, 0.29) is 51.0 Å². The Morgan fingerprint density at radius 3 is 2.52 bits per heavy atom. The molecule has 4 heterocycles. The lowest BCUT2D eigenvalue weighted by atomic mass is 9.66. The summed E-state index contributed by atoms with van der Waals surface area (Å²) < 4.78 is 59.4. The zero-order valence-electron chi connectivity index (χ0n) is 34.5. The van der Waals surface area contributed by atoms with Crippen molar-refractivity contribution in [3.8, 4) is 28.7 Å². The van der Waals surface area contributed by atoms with Gasteiger partial charge in [-0.15, -0.1) is 0 Å². The maximum absolute atomic E-state index is 13.6. The van der Waals surface area contributed by atoms with Crippen LogP contribution in [0.5, 0.6) is 28.7 Å². The molecule has 4 aliphatic heterocycles. The first-order valence-corrected chi connectivity index (χ1v) is 21.2. The van der Waals surface area contributed by atoms with E-state index in [4.69, 9.17) is 47.4 Å². The number of rotatable bonds is 10. The van der Waals surface area contributed by atoms with Gasteiger partial charge in [0.05, 0.1) is 39.5 Å². The van der Waals surface area contributed by atoms with Gasteiger partial charge in [-0.2, -0.15) is 0 Å². The van der Waals surface area contributed by atoms with Gasteiger partial charge in [0.2, 0.25) is 12.5 Å². The summed E-state index contributed by atoms with van der Waals surface area (Å²) in [5.74, 6) is 0.764. The van der Waals surface area contributed by atoms with Crippen molar-refractivity contribution in [1.82, 2.24) is 0 Å². The first-order valence-electron chi connectivity index (χ1n) is 21.2. The summed E-state index contributed by atoms with van der Waals surface area (Å²) in [6.45, 7) is 2.37. The summed E-state index contributed by atoms with van der Waals surface area (Å²) in [5, 5.41) is 25.3. The van der Waals surface area contributed by atoms with Gasteiger partial charge in [-0.3, -0.25) is 10.1 Å². The summed E-state index contributed by atoms with van der Waals surface area (Å²) in [7, 11) is 3.10. The molecular formula is C46H53NO14.